The van der Waals surface area contributed by atoms with Gasteiger partial charge in [0.15, 0.2) is 0 Å². The van der Waals surface area contributed by atoms with Gasteiger partial charge in [-0.2, -0.15) is 0 Å². The molecule has 2 aromatic rings. The number of piperazine rings is 1. The van der Waals surface area contributed by atoms with Gasteiger partial charge in [0.2, 0.25) is 5.91 Å². The second kappa shape index (κ2) is 4.84. The van der Waals surface area contributed by atoms with Gasteiger partial charge in [0, 0.05) is 17.3 Å². The van der Waals surface area contributed by atoms with Gasteiger partial charge in [-0.3, -0.25) is 14.6 Å². The first-order chi connectivity index (χ1) is 10.0. The average Bonchev–Trinajstić information content (AvgIpc) is 2.50. The number of benzene rings is 1. The van der Waals surface area contributed by atoms with Crippen LogP contribution in [0.3, 0.4) is 0 Å². The third kappa shape index (κ3) is 2.24. The van der Waals surface area contributed by atoms with E-state index >= 15 is 0 Å². The number of anilines is 1. The Balaban J connectivity index is 2.04. The molecule has 1 fully saturated rings. The van der Waals surface area contributed by atoms with Crippen LogP contribution in [0.25, 0.3) is 10.9 Å². The van der Waals surface area contributed by atoms with Gasteiger partial charge in [0.25, 0.3) is 5.91 Å². The highest BCUT2D eigenvalue weighted by Gasteiger charge is 2.42. The molecule has 1 saturated heterocycles. The molecule has 1 aliphatic rings. The maximum Gasteiger partial charge on any atom is 0.252 e. The van der Waals surface area contributed by atoms with Crippen LogP contribution in [0.2, 0.25) is 0 Å². The maximum atomic E-state index is 12.7. The van der Waals surface area contributed by atoms with Crippen molar-refractivity contribution >= 4 is 28.4 Å². The Kier molecular flexibility index (Phi) is 3.12. The summed E-state index contributed by atoms with van der Waals surface area (Å²) in [6.07, 6.45) is 2.29. The Bertz CT molecular complexity index is 728. The number of nitrogens with one attached hydrogen (secondary N) is 1. The Morgan fingerprint density at radius 2 is 2.14 bits per heavy atom. The molecule has 0 bridgehead atoms. The van der Waals surface area contributed by atoms with Crippen molar-refractivity contribution in [3.63, 3.8) is 0 Å². The Morgan fingerprint density at radius 3 is 2.90 bits per heavy atom. The van der Waals surface area contributed by atoms with Crippen LogP contribution in [0.4, 0.5) is 5.69 Å². The molecule has 0 radical (unpaired) electrons. The van der Waals surface area contributed by atoms with Crippen molar-refractivity contribution in [2.75, 3.05) is 11.4 Å². The number of hydrogen-bond donors (Lipinski definition) is 1. The SMILES string of the molecule is CCC1(C)NC(=O)CN(c2ccc3ncccc3c2)C1=O. The number of hydrogen-bond acceptors (Lipinski definition) is 3. The number of nitrogens with zero attached hydrogens (tertiary/aromatic N) is 2. The topological polar surface area (TPSA) is 62.3 Å². The van der Waals surface area contributed by atoms with Crippen molar-refractivity contribution in [3.05, 3.63) is 36.5 Å². The minimum Gasteiger partial charge on any atom is -0.340 e. The molecule has 1 unspecified atom stereocenters. The molecule has 2 amide bonds. The Hall–Kier alpha value is -2.43. The molecule has 1 N–H and O–H groups in total. The lowest BCUT2D eigenvalue weighted by Gasteiger charge is -2.39. The van der Waals surface area contributed by atoms with E-state index in [1.165, 1.54) is 0 Å². The molecule has 5 heteroatoms. The molecule has 0 aliphatic carbocycles. The van der Waals surface area contributed by atoms with Crippen molar-refractivity contribution < 1.29 is 9.59 Å². The van der Waals surface area contributed by atoms with Gasteiger partial charge in [-0.05, 0) is 37.6 Å². The number of carbonyl (C=O) groups excluding carboxylic acids is 2. The van der Waals surface area contributed by atoms with Crippen LogP contribution in [-0.4, -0.2) is 28.9 Å². The third-order valence-electron chi connectivity index (χ3n) is 4.04. The summed E-state index contributed by atoms with van der Waals surface area (Å²) >= 11 is 0. The second-order valence-corrected chi connectivity index (χ2v) is 5.51. The number of carbonyl (C=O) groups is 2. The van der Waals surface area contributed by atoms with E-state index in [0.717, 1.165) is 16.6 Å². The minimum absolute atomic E-state index is 0.0557. The van der Waals surface area contributed by atoms with E-state index in [2.05, 4.69) is 10.3 Å². The van der Waals surface area contributed by atoms with E-state index in [1.807, 2.05) is 37.3 Å². The molecule has 21 heavy (non-hydrogen) atoms. The zero-order valence-electron chi connectivity index (χ0n) is 12.1. The summed E-state index contributed by atoms with van der Waals surface area (Å²) < 4.78 is 0. The zero-order chi connectivity index (χ0) is 15.0. The van der Waals surface area contributed by atoms with Crippen LogP contribution in [0.1, 0.15) is 20.3 Å². The van der Waals surface area contributed by atoms with Crippen LogP contribution in [-0.2, 0) is 9.59 Å². The second-order valence-electron chi connectivity index (χ2n) is 5.51. The summed E-state index contributed by atoms with van der Waals surface area (Å²) in [7, 11) is 0. The number of aromatic nitrogens is 1. The Morgan fingerprint density at radius 1 is 1.33 bits per heavy atom. The normalized spacial score (nSPS) is 22.5. The Labute approximate surface area is 123 Å². The molecule has 1 atom stereocenters. The van der Waals surface area contributed by atoms with Gasteiger partial charge < -0.3 is 10.2 Å². The van der Waals surface area contributed by atoms with Crippen molar-refractivity contribution in [1.29, 1.82) is 0 Å². The minimum atomic E-state index is -0.834. The monoisotopic (exact) mass is 283 g/mol. The highest BCUT2D eigenvalue weighted by Crippen LogP contribution is 2.26. The van der Waals surface area contributed by atoms with Crippen LogP contribution < -0.4 is 10.2 Å². The van der Waals surface area contributed by atoms with Crippen molar-refractivity contribution in [2.24, 2.45) is 0 Å². The van der Waals surface area contributed by atoms with Crippen molar-refractivity contribution in [3.8, 4) is 0 Å². The molecular formula is C16H17N3O2. The summed E-state index contributed by atoms with van der Waals surface area (Å²) in [6, 6.07) is 9.40. The molecular weight excluding hydrogens is 266 g/mol. The van der Waals surface area contributed by atoms with E-state index < -0.39 is 5.54 Å². The molecule has 3 rings (SSSR count). The fourth-order valence-electron chi connectivity index (χ4n) is 2.59. The fourth-order valence-corrected chi connectivity index (χ4v) is 2.59. The highest BCUT2D eigenvalue weighted by molar-refractivity contribution is 6.09. The van der Waals surface area contributed by atoms with Crippen LogP contribution >= 0.6 is 0 Å². The van der Waals surface area contributed by atoms with Gasteiger partial charge in [-0.25, -0.2) is 0 Å². The fraction of sp³-hybridized carbons (Fsp3) is 0.312. The molecule has 0 saturated carbocycles. The standard InChI is InChI=1S/C16H17N3O2/c1-3-16(2)15(21)19(10-14(20)18-16)12-6-7-13-11(9-12)5-4-8-17-13/h4-9H,3,10H2,1-2H3,(H,18,20). The lowest BCUT2D eigenvalue weighted by atomic mass is 9.94. The van der Waals surface area contributed by atoms with Gasteiger partial charge in [-0.1, -0.05) is 13.0 Å². The average molecular weight is 283 g/mol. The maximum absolute atomic E-state index is 12.7. The molecule has 1 aromatic carbocycles. The van der Waals surface area contributed by atoms with E-state index in [1.54, 1.807) is 18.0 Å². The summed E-state index contributed by atoms with van der Waals surface area (Å²) in [5.74, 6) is -0.210. The first-order valence-electron chi connectivity index (χ1n) is 7.01. The van der Waals surface area contributed by atoms with Gasteiger partial charge in [-0.15, -0.1) is 0 Å². The van der Waals surface area contributed by atoms with E-state index in [-0.39, 0.29) is 18.4 Å². The lowest BCUT2D eigenvalue weighted by molar-refractivity contribution is -0.135. The molecule has 1 aromatic heterocycles. The van der Waals surface area contributed by atoms with E-state index in [0.29, 0.717) is 6.42 Å². The molecule has 108 valence electrons. The zero-order valence-corrected chi connectivity index (χ0v) is 12.1. The molecule has 0 spiro atoms. The predicted octanol–water partition coefficient (Wildman–Crippen LogP) is 1.87. The summed E-state index contributed by atoms with van der Waals surface area (Å²) in [5.41, 5.74) is 0.766. The number of rotatable bonds is 2. The number of pyridine rings is 1. The molecule has 1 aliphatic heterocycles. The van der Waals surface area contributed by atoms with Crippen LogP contribution in [0.5, 0.6) is 0 Å². The number of amides is 2. The first-order valence-corrected chi connectivity index (χ1v) is 7.01. The molecule has 2 heterocycles. The van der Waals surface area contributed by atoms with Crippen molar-refractivity contribution in [1.82, 2.24) is 10.3 Å². The number of fused-ring (bicyclic) bond motifs is 1. The van der Waals surface area contributed by atoms with E-state index in [9.17, 15) is 9.59 Å². The summed E-state index contributed by atoms with van der Waals surface area (Å²) in [5, 5.41) is 3.74. The highest BCUT2D eigenvalue weighted by atomic mass is 16.2. The third-order valence-corrected chi connectivity index (χ3v) is 4.04. The quantitative estimate of drug-likeness (QED) is 0.915. The summed E-state index contributed by atoms with van der Waals surface area (Å²) in [6.45, 7) is 3.72. The molecule has 5 nitrogen and oxygen atoms in total. The van der Waals surface area contributed by atoms with E-state index in [4.69, 9.17) is 0 Å². The van der Waals surface area contributed by atoms with Crippen molar-refractivity contribution in [2.45, 2.75) is 25.8 Å². The van der Waals surface area contributed by atoms with Gasteiger partial charge in [0.1, 0.15) is 12.1 Å². The largest absolute Gasteiger partial charge is 0.340 e. The smallest absolute Gasteiger partial charge is 0.252 e. The van der Waals surface area contributed by atoms with Gasteiger partial charge >= 0.3 is 0 Å². The van der Waals surface area contributed by atoms with Crippen LogP contribution in [0.15, 0.2) is 36.5 Å². The summed E-state index contributed by atoms with van der Waals surface area (Å²) in [4.78, 5) is 30.4. The lowest BCUT2D eigenvalue weighted by Crippen LogP contribution is -2.65. The van der Waals surface area contributed by atoms with Gasteiger partial charge in [0.05, 0.1) is 5.52 Å². The first kappa shape index (κ1) is 13.5. The van der Waals surface area contributed by atoms with Crippen LogP contribution in [0, 0.1) is 0 Å². The predicted molar refractivity (Wildman–Crippen MR) is 80.9 cm³/mol.